The van der Waals surface area contributed by atoms with Crippen LogP contribution < -0.4 is 5.32 Å². The van der Waals surface area contributed by atoms with Gasteiger partial charge >= 0.3 is 0 Å². The Balaban J connectivity index is 1.75. The summed E-state index contributed by atoms with van der Waals surface area (Å²) in [7, 11) is 0. The van der Waals surface area contributed by atoms with Crippen LogP contribution in [-0.4, -0.2) is 10.9 Å². The van der Waals surface area contributed by atoms with Crippen LogP contribution in [0.5, 0.6) is 0 Å². The second-order valence-corrected chi connectivity index (χ2v) is 8.30. The van der Waals surface area contributed by atoms with Crippen molar-refractivity contribution in [1.29, 1.82) is 0 Å². The van der Waals surface area contributed by atoms with Gasteiger partial charge in [0.15, 0.2) is 0 Å². The molecule has 0 bridgehead atoms. The Bertz CT molecular complexity index is 1410. The summed E-state index contributed by atoms with van der Waals surface area (Å²) >= 11 is 0. The highest BCUT2D eigenvalue weighted by Crippen LogP contribution is 2.38. The van der Waals surface area contributed by atoms with Crippen LogP contribution in [0.2, 0.25) is 0 Å². The quantitative estimate of drug-likeness (QED) is 0.297. The highest BCUT2D eigenvalue weighted by molar-refractivity contribution is 6.14. The van der Waals surface area contributed by atoms with Crippen molar-refractivity contribution in [3.05, 3.63) is 126 Å². The first-order chi connectivity index (χ1) is 16.8. The maximum absolute atomic E-state index is 14.0. The topological polar surface area (TPSA) is 42.0 Å². The van der Waals surface area contributed by atoms with Crippen LogP contribution in [0.25, 0.3) is 33.3 Å². The molecule has 1 heterocycles. The summed E-state index contributed by atoms with van der Waals surface area (Å²) in [5, 5.41) is 4.16. The molecule has 4 aromatic carbocycles. The molecule has 1 amide bonds. The van der Waals surface area contributed by atoms with Gasteiger partial charge in [-0.15, -0.1) is 0 Å². The number of aromatic nitrogens is 1. The van der Waals surface area contributed by atoms with Crippen molar-refractivity contribution in [3.8, 4) is 22.4 Å². The van der Waals surface area contributed by atoms with Gasteiger partial charge in [0.1, 0.15) is 0 Å². The number of hydrogen-bond donors (Lipinski definition) is 1. The van der Waals surface area contributed by atoms with Crippen molar-refractivity contribution in [1.82, 2.24) is 10.3 Å². The molecule has 5 aromatic rings. The molecule has 0 unspecified atom stereocenters. The highest BCUT2D eigenvalue weighted by atomic mass is 16.1. The normalized spacial score (nSPS) is 11.8. The second kappa shape index (κ2) is 9.72. The molecule has 0 saturated heterocycles. The third-order valence-electron chi connectivity index (χ3n) is 6.14. The number of carbonyl (C=O) groups excluding carboxylic acids is 1. The van der Waals surface area contributed by atoms with Crippen LogP contribution in [0.4, 0.5) is 0 Å². The van der Waals surface area contributed by atoms with Gasteiger partial charge in [0.25, 0.3) is 5.91 Å². The Morgan fingerprint density at radius 2 is 1.29 bits per heavy atom. The molecule has 3 nitrogen and oxygen atoms in total. The number of nitrogens with zero attached hydrogens (tertiary/aromatic N) is 1. The molecule has 0 aliphatic heterocycles. The molecule has 0 aliphatic carbocycles. The molecule has 0 saturated carbocycles. The number of hydrogen-bond acceptors (Lipinski definition) is 2. The lowest BCUT2D eigenvalue weighted by molar-refractivity contribution is 0.0938. The van der Waals surface area contributed by atoms with E-state index in [2.05, 4.69) is 24.4 Å². The van der Waals surface area contributed by atoms with Gasteiger partial charge in [-0.05, 0) is 23.6 Å². The van der Waals surface area contributed by atoms with Crippen molar-refractivity contribution in [2.45, 2.75) is 19.4 Å². The summed E-state index contributed by atoms with van der Waals surface area (Å²) in [5.74, 6) is -0.0923. The second-order valence-electron chi connectivity index (χ2n) is 8.30. The summed E-state index contributed by atoms with van der Waals surface area (Å²) in [6.07, 6.45) is 0.797. The van der Waals surface area contributed by atoms with Crippen molar-refractivity contribution < 1.29 is 4.79 Å². The third-order valence-corrected chi connectivity index (χ3v) is 6.14. The lowest BCUT2D eigenvalue weighted by Crippen LogP contribution is -2.29. The maximum Gasteiger partial charge on any atom is 0.253 e. The van der Waals surface area contributed by atoms with Gasteiger partial charge in [0, 0.05) is 16.5 Å². The first-order valence-corrected chi connectivity index (χ1v) is 11.7. The molecule has 166 valence electrons. The number of pyridine rings is 1. The van der Waals surface area contributed by atoms with E-state index in [1.54, 1.807) is 0 Å². The van der Waals surface area contributed by atoms with Crippen molar-refractivity contribution in [3.63, 3.8) is 0 Å². The van der Waals surface area contributed by atoms with Gasteiger partial charge in [-0.3, -0.25) is 4.79 Å². The van der Waals surface area contributed by atoms with E-state index in [4.69, 9.17) is 4.98 Å². The smallest absolute Gasteiger partial charge is 0.253 e. The van der Waals surface area contributed by atoms with Gasteiger partial charge in [-0.25, -0.2) is 4.98 Å². The zero-order valence-electron chi connectivity index (χ0n) is 19.1. The van der Waals surface area contributed by atoms with Crippen LogP contribution in [-0.2, 0) is 0 Å². The standard InChI is InChI=1S/C31H26N2O/c1-2-26(22-14-6-3-7-15-22)33-31(34)29-25-20-12-13-21-27(25)32-30(24-18-10-5-11-19-24)28(29)23-16-8-4-9-17-23/h3-21,26H,2H2,1H3,(H,33,34)/t26-/m1/s1. The van der Waals surface area contributed by atoms with E-state index in [0.717, 1.165) is 45.3 Å². The molecule has 0 fully saturated rings. The zero-order chi connectivity index (χ0) is 23.3. The molecule has 1 N–H and O–H groups in total. The first kappa shape index (κ1) is 21.6. The molecule has 1 atom stereocenters. The van der Waals surface area contributed by atoms with Crippen LogP contribution in [0.1, 0.15) is 35.3 Å². The van der Waals surface area contributed by atoms with E-state index >= 15 is 0 Å². The minimum atomic E-state index is -0.0923. The zero-order valence-corrected chi connectivity index (χ0v) is 19.1. The largest absolute Gasteiger partial charge is 0.345 e. The highest BCUT2D eigenvalue weighted by Gasteiger charge is 2.24. The Hall–Kier alpha value is -4.24. The first-order valence-electron chi connectivity index (χ1n) is 11.7. The van der Waals surface area contributed by atoms with Crippen LogP contribution >= 0.6 is 0 Å². The summed E-state index contributed by atoms with van der Waals surface area (Å²) in [4.78, 5) is 19.1. The van der Waals surface area contributed by atoms with Gasteiger partial charge in [0.2, 0.25) is 0 Å². The summed E-state index contributed by atoms with van der Waals surface area (Å²) in [5.41, 5.74) is 6.17. The van der Waals surface area contributed by atoms with Crippen LogP contribution in [0.3, 0.4) is 0 Å². The fourth-order valence-electron chi connectivity index (χ4n) is 4.48. The number of amides is 1. The molecule has 5 rings (SSSR count). The summed E-state index contributed by atoms with van der Waals surface area (Å²) in [6.45, 7) is 2.09. The van der Waals surface area contributed by atoms with E-state index in [-0.39, 0.29) is 11.9 Å². The number of nitrogens with one attached hydrogen (secondary N) is 1. The SMILES string of the molecule is CC[C@@H](NC(=O)c1c(-c2ccccc2)c(-c2ccccc2)nc2ccccc12)c1ccccc1. The summed E-state index contributed by atoms with van der Waals surface area (Å²) < 4.78 is 0. The Morgan fingerprint density at radius 3 is 1.94 bits per heavy atom. The van der Waals surface area contributed by atoms with E-state index in [9.17, 15) is 4.79 Å². The molecule has 0 radical (unpaired) electrons. The number of rotatable bonds is 6. The van der Waals surface area contributed by atoms with E-state index in [0.29, 0.717) is 5.56 Å². The molecule has 0 spiro atoms. The molecular formula is C31H26N2O. The Kier molecular flexibility index (Phi) is 6.17. The minimum absolute atomic E-state index is 0.0792. The predicted octanol–water partition coefficient (Wildman–Crippen LogP) is 7.45. The fourth-order valence-corrected chi connectivity index (χ4v) is 4.48. The average Bonchev–Trinajstić information content (AvgIpc) is 2.92. The Labute approximate surface area is 200 Å². The number of para-hydroxylation sites is 1. The van der Waals surface area contributed by atoms with Gasteiger partial charge < -0.3 is 5.32 Å². The van der Waals surface area contributed by atoms with Crippen molar-refractivity contribution in [2.24, 2.45) is 0 Å². The van der Waals surface area contributed by atoms with Crippen molar-refractivity contribution in [2.75, 3.05) is 0 Å². The lowest BCUT2D eigenvalue weighted by Gasteiger charge is -2.21. The number of carbonyl (C=O) groups is 1. The Morgan fingerprint density at radius 1 is 0.735 bits per heavy atom. The monoisotopic (exact) mass is 442 g/mol. The van der Waals surface area contributed by atoms with E-state index in [1.807, 2.05) is 103 Å². The minimum Gasteiger partial charge on any atom is -0.345 e. The predicted molar refractivity (Wildman–Crippen MR) is 140 cm³/mol. The van der Waals surface area contributed by atoms with Gasteiger partial charge in [-0.1, -0.05) is 116 Å². The molecule has 0 aliphatic rings. The molecule has 34 heavy (non-hydrogen) atoms. The number of benzene rings is 4. The summed E-state index contributed by atoms with van der Waals surface area (Å²) in [6, 6.07) is 38.1. The molecule has 1 aromatic heterocycles. The van der Waals surface area contributed by atoms with E-state index in [1.165, 1.54) is 0 Å². The maximum atomic E-state index is 14.0. The van der Waals surface area contributed by atoms with Gasteiger partial charge in [0.05, 0.1) is 22.8 Å². The van der Waals surface area contributed by atoms with Gasteiger partial charge in [-0.2, -0.15) is 0 Å². The third kappa shape index (κ3) is 4.20. The molecular weight excluding hydrogens is 416 g/mol. The number of fused-ring (bicyclic) bond motifs is 1. The van der Waals surface area contributed by atoms with Crippen LogP contribution in [0.15, 0.2) is 115 Å². The lowest BCUT2D eigenvalue weighted by atomic mass is 9.91. The fraction of sp³-hybridized carbons (Fsp3) is 0.0968. The van der Waals surface area contributed by atoms with Crippen molar-refractivity contribution >= 4 is 16.8 Å². The average molecular weight is 443 g/mol. The molecule has 3 heteroatoms. The van der Waals surface area contributed by atoms with Crippen LogP contribution in [0, 0.1) is 0 Å². The van der Waals surface area contributed by atoms with E-state index < -0.39 is 0 Å².